The minimum atomic E-state index is -0.373. The maximum Gasteiger partial charge on any atom is 0.254 e. The molecule has 1 aromatic heterocycles. The third kappa shape index (κ3) is 4.83. The first-order valence-corrected chi connectivity index (χ1v) is 10.9. The van der Waals surface area contributed by atoms with Crippen molar-refractivity contribution in [3.63, 3.8) is 0 Å². The average Bonchev–Trinajstić information content (AvgIpc) is 3.46. The molecule has 0 bridgehead atoms. The van der Waals surface area contributed by atoms with Gasteiger partial charge in [-0.05, 0) is 50.1 Å². The van der Waals surface area contributed by atoms with Crippen LogP contribution < -0.4 is 4.90 Å². The lowest BCUT2D eigenvalue weighted by molar-refractivity contribution is 0.0680. The molecule has 7 heteroatoms. The fraction of sp³-hybridized carbons (Fsp3) is 0.360. The number of anilines is 1. The van der Waals surface area contributed by atoms with Gasteiger partial charge in [0.1, 0.15) is 11.5 Å². The summed E-state index contributed by atoms with van der Waals surface area (Å²) in [5, 5.41) is 4.41. The molecule has 2 heterocycles. The lowest BCUT2D eigenvalue weighted by Gasteiger charge is -2.24. The Morgan fingerprint density at radius 3 is 2.62 bits per heavy atom. The zero-order chi connectivity index (χ0) is 22.5. The van der Waals surface area contributed by atoms with E-state index in [2.05, 4.69) is 16.1 Å². The number of ether oxygens (including phenoxy) is 1. The number of benzene rings is 2. The molecule has 1 aliphatic rings. The number of carbonyl (C=O) groups excluding carboxylic acids is 1. The summed E-state index contributed by atoms with van der Waals surface area (Å²) in [6.45, 7) is 4.94. The summed E-state index contributed by atoms with van der Waals surface area (Å²) in [4.78, 5) is 17.2. The fourth-order valence-corrected chi connectivity index (χ4v) is 4.05. The Hall–Kier alpha value is -3.19. The van der Waals surface area contributed by atoms with Crippen molar-refractivity contribution in [3.05, 3.63) is 71.0 Å². The van der Waals surface area contributed by atoms with E-state index in [1.807, 2.05) is 25.1 Å². The molecule has 1 amide bonds. The van der Waals surface area contributed by atoms with E-state index in [0.717, 1.165) is 48.3 Å². The van der Waals surface area contributed by atoms with Crippen LogP contribution in [0.5, 0.6) is 0 Å². The van der Waals surface area contributed by atoms with E-state index in [-0.39, 0.29) is 11.7 Å². The van der Waals surface area contributed by atoms with Crippen molar-refractivity contribution < 1.29 is 18.4 Å². The maximum atomic E-state index is 13.4. The summed E-state index contributed by atoms with van der Waals surface area (Å²) < 4.78 is 24.5. The Bertz CT molecular complexity index is 1060. The molecule has 32 heavy (non-hydrogen) atoms. The van der Waals surface area contributed by atoms with Crippen molar-refractivity contribution in [2.24, 2.45) is 0 Å². The van der Waals surface area contributed by atoms with E-state index >= 15 is 0 Å². The number of rotatable bonds is 8. The number of carbonyl (C=O) groups is 1. The van der Waals surface area contributed by atoms with E-state index in [1.54, 1.807) is 12.0 Å². The van der Waals surface area contributed by atoms with Gasteiger partial charge in [-0.1, -0.05) is 28.9 Å². The third-order valence-electron chi connectivity index (χ3n) is 5.74. The summed E-state index contributed by atoms with van der Waals surface area (Å²) >= 11 is 0. The second-order valence-corrected chi connectivity index (χ2v) is 8.10. The van der Waals surface area contributed by atoms with Gasteiger partial charge in [0.25, 0.3) is 5.91 Å². The van der Waals surface area contributed by atoms with E-state index < -0.39 is 0 Å². The van der Waals surface area contributed by atoms with Crippen molar-refractivity contribution in [3.8, 4) is 11.3 Å². The first-order valence-electron chi connectivity index (χ1n) is 10.9. The van der Waals surface area contributed by atoms with Crippen molar-refractivity contribution in [2.45, 2.75) is 26.3 Å². The molecule has 2 aromatic carbocycles. The van der Waals surface area contributed by atoms with Gasteiger partial charge in [-0.2, -0.15) is 0 Å². The molecule has 0 N–H and O–H groups in total. The lowest BCUT2D eigenvalue weighted by atomic mass is 10.0. The summed E-state index contributed by atoms with van der Waals surface area (Å²) in [6.07, 6.45) is 2.20. The van der Waals surface area contributed by atoms with Crippen LogP contribution in [0.15, 0.2) is 53.1 Å². The van der Waals surface area contributed by atoms with Gasteiger partial charge < -0.3 is 19.1 Å². The molecule has 3 aromatic rings. The minimum Gasteiger partial charge on any atom is -0.383 e. The SMILES string of the molecule is COCCN(Cc1c(-c2cccc(C)c2)noc1N1CCCC1)C(=O)c1ccc(F)cc1. The predicted molar refractivity (Wildman–Crippen MR) is 121 cm³/mol. The summed E-state index contributed by atoms with van der Waals surface area (Å²) in [5.41, 5.74) is 4.13. The Kier molecular flexibility index (Phi) is 6.85. The second kappa shape index (κ2) is 9.96. The van der Waals surface area contributed by atoms with E-state index in [9.17, 15) is 9.18 Å². The molecule has 0 saturated carbocycles. The van der Waals surface area contributed by atoms with Gasteiger partial charge in [-0.25, -0.2) is 4.39 Å². The highest BCUT2D eigenvalue weighted by molar-refractivity contribution is 5.94. The molecule has 4 rings (SSSR count). The van der Waals surface area contributed by atoms with Gasteiger partial charge in [0.15, 0.2) is 0 Å². The molecular weight excluding hydrogens is 409 g/mol. The fourth-order valence-electron chi connectivity index (χ4n) is 4.05. The van der Waals surface area contributed by atoms with E-state index in [4.69, 9.17) is 9.26 Å². The molecular formula is C25H28FN3O3. The van der Waals surface area contributed by atoms with E-state index in [1.165, 1.54) is 24.3 Å². The monoisotopic (exact) mass is 437 g/mol. The van der Waals surface area contributed by atoms with Crippen LogP contribution in [0, 0.1) is 12.7 Å². The maximum absolute atomic E-state index is 13.4. The number of aromatic nitrogens is 1. The van der Waals surface area contributed by atoms with Gasteiger partial charge in [-0.15, -0.1) is 0 Å². The molecule has 0 spiro atoms. The summed E-state index contributed by atoms with van der Waals surface area (Å²) in [7, 11) is 1.60. The van der Waals surface area contributed by atoms with Gasteiger partial charge in [0, 0.05) is 37.9 Å². The highest BCUT2D eigenvalue weighted by atomic mass is 19.1. The number of halogens is 1. The number of hydrogen-bond donors (Lipinski definition) is 0. The van der Waals surface area contributed by atoms with Crippen LogP contribution in [-0.2, 0) is 11.3 Å². The van der Waals surface area contributed by atoms with Gasteiger partial charge in [-0.3, -0.25) is 4.79 Å². The normalized spacial score (nSPS) is 13.5. The van der Waals surface area contributed by atoms with Crippen LogP contribution in [0.25, 0.3) is 11.3 Å². The van der Waals surface area contributed by atoms with Crippen molar-refractivity contribution in [1.82, 2.24) is 10.1 Å². The highest BCUT2D eigenvalue weighted by Gasteiger charge is 2.28. The second-order valence-electron chi connectivity index (χ2n) is 8.10. The summed E-state index contributed by atoms with van der Waals surface area (Å²) in [6, 6.07) is 13.7. The van der Waals surface area contributed by atoms with Crippen LogP contribution >= 0.6 is 0 Å². The Labute approximate surface area is 187 Å². The zero-order valence-electron chi connectivity index (χ0n) is 18.5. The smallest absolute Gasteiger partial charge is 0.254 e. The topological polar surface area (TPSA) is 58.8 Å². The first-order chi connectivity index (χ1) is 15.6. The third-order valence-corrected chi connectivity index (χ3v) is 5.74. The predicted octanol–water partition coefficient (Wildman–Crippen LogP) is 4.68. The lowest BCUT2D eigenvalue weighted by Crippen LogP contribution is -2.34. The van der Waals surface area contributed by atoms with Crippen LogP contribution in [0.3, 0.4) is 0 Å². The van der Waals surface area contributed by atoms with Crippen molar-refractivity contribution in [1.29, 1.82) is 0 Å². The first kappa shape index (κ1) is 22.0. The average molecular weight is 438 g/mol. The molecule has 1 saturated heterocycles. The van der Waals surface area contributed by atoms with Gasteiger partial charge >= 0.3 is 0 Å². The molecule has 0 aliphatic carbocycles. The Balaban J connectivity index is 1.72. The molecule has 1 fully saturated rings. The number of hydrogen-bond acceptors (Lipinski definition) is 5. The van der Waals surface area contributed by atoms with Crippen LogP contribution in [0.2, 0.25) is 0 Å². The van der Waals surface area contributed by atoms with Crippen LogP contribution in [0.4, 0.5) is 10.3 Å². The van der Waals surface area contributed by atoms with Gasteiger partial charge in [0.2, 0.25) is 5.88 Å². The molecule has 168 valence electrons. The van der Waals surface area contributed by atoms with Gasteiger partial charge in [0.05, 0.1) is 18.7 Å². The zero-order valence-corrected chi connectivity index (χ0v) is 18.5. The minimum absolute atomic E-state index is 0.189. The number of aryl methyl sites for hydroxylation is 1. The molecule has 0 atom stereocenters. The van der Waals surface area contributed by atoms with E-state index in [0.29, 0.717) is 31.1 Å². The molecule has 0 radical (unpaired) electrons. The molecule has 1 aliphatic heterocycles. The highest BCUT2D eigenvalue weighted by Crippen LogP contribution is 2.34. The summed E-state index contributed by atoms with van der Waals surface area (Å²) in [5.74, 6) is 0.154. The molecule has 0 unspecified atom stereocenters. The quantitative estimate of drug-likeness (QED) is 0.512. The Morgan fingerprint density at radius 1 is 1.19 bits per heavy atom. The Morgan fingerprint density at radius 2 is 1.94 bits per heavy atom. The van der Waals surface area contributed by atoms with Crippen molar-refractivity contribution in [2.75, 3.05) is 38.3 Å². The van der Waals surface area contributed by atoms with Crippen molar-refractivity contribution >= 4 is 11.8 Å². The largest absolute Gasteiger partial charge is 0.383 e. The van der Waals surface area contributed by atoms with Crippen LogP contribution in [0.1, 0.15) is 34.3 Å². The standard InChI is InChI=1S/C25H28FN3O3/c1-18-6-5-7-20(16-18)23-22(25(32-27-23)28-12-3-4-13-28)17-29(14-15-31-2)24(30)19-8-10-21(26)11-9-19/h5-11,16H,3-4,12-15,17H2,1-2H3. The van der Waals surface area contributed by atoms with Crippen LogP contribution in [-0.4, -0.2) is 49.3 Å². The number of nitrogens with zero attached hydrogens (tertiary/aromatic N) is 3. The number of amides is 1. The number of methoxy groups -OCH3 is 1. The molecule has 6 nitrogen and oxygen atoms in total.